The van der Waals surface area contributed by atoms with Crippen molar-refractivity contribution in [3.05, 3.63) is 59.7 Å². The summed E-state index contributed by atoms with van der Waals surface area (Å²) in [7, 11) is 0. The molecule has 0 nitrogen and oxygen atoms in total. The standard InChI is InChI=1S/C13H8.2Y/c1-3-7-12-10(5-1)9-11-6-2-4-8-13(11)12;;/h1-2,5-8H,9H2;;/q-2;;. The first-order chi connectivity index (χ1) is 6.45. The van der Waals surface area contributed by atoms with Gasteiger partial charge in [-0.2, -0.15) is 70.8 Å². The van der Waals surface area contributed by atoms with E-state index in [1.165, 1.54) is 22.3 Å². The molecule has 3 rings (SSSR count). The van der Waals surface area contributed by atoms with E-state index in [2.05, 4.69) is 36.4 Å². The van der Waals surface area contributed by atoms with Gasteiger partial charge in [-0.1, -0.05) is 0 Å². The number of benzene rings is 2. The van der Waals surface area contributed by atoms with Crippen molar-refractivity contribution in [2.24, 2.45) is 0 Å². The van der Waals surface area contributed by atoms with Crippen LogP contribution in [0.4, 0.5) is 0 Å². The van der Waals surface area contributed by atoms with Gasteiger partial charge in [0.1, 0.15) is 0 Å². The van der Waals surface area contributed by atoms with E-state index < -0.39 is 0 Å². The molecule has 2 heteroatoms. The minimum Gasteiger partial charge on any atom is -0.184 e. The molecule has 2 aromatic carbocycles. The van der Waals surface area contributed by atoms with E-state index >= 15 is 0 Å². The molecule has 2 aromatic rings. The first-order valence-corrected chi connectivity index (χ1v) is 4.43. The first-order valence-electron chi connectivity index (χ1n) is 4.43. The molecule has 0 saturated carbocycles. The van der Waals surface area contributed by atoms with E-state index in [-0.39, 0.29) is 65.4 Å². The topological polar surface area (TPSA) is 0 Å². The number of hydrogen-bond acceptors (Lipinski definition) is 0. The summed E-state index contributed by atoms with van der Waals surface area (Å²) in [6.07, 6.45) is 1.06. The van der Waals surface area contributed by atoms with Crippen LogP contribution in [-0.2, 0) is 71.8 Å². The molecule has 0 saturated heterocycles. The zero-order valence-electron chi connectivity index (χ0n) is 8.33. The third kappa shape index (κ3) is 2.49. The molecule has 0 N–H and O–H groups in total. The molecule has 0 amide bonds. The third-order valence-electron chi connectivity index (χ3n) is 2.58. The molecule has 0 bridgehead atoms. The molecule has 2 radical (unpaired) electrons. The molecule has 0 spiro atoms. The summed E-state index contributed by atoms with van der Waals surface area (Å²) in [5.41, 5.74) is 5.48. The summed E-state index contributed by atoms with van der Waals surface area (Å²) in [6.45, 7) is 0. The van der Waals surface area contributed by atoms with E-state index in [0.717, 1.165) is 6.42 Å². The third-order valence-corrected chi connectivity index (χ3v) is 2.58. The second kappa shape index (κ2) is 5.82. The van der Waals surface area contributed by atoms with E-state index in [1.807, 2.05) is 12.1 Å². The van der Waals surface area contributed by atoms with Gasteiger partial charge < -0.3 is 0 Å². The van der Waals surface area contributed by atoms with E-state index in [4.69, 9.17) is 0 Å². The van der Waals surface area contributed by atoms with Gasteiger partial charge in [-0.25, -0.2) is 0 Å². The van der Waals surface area contributed by atoms with Crippen LogP contribution in [0.5, 0.6) is 0 Å². The van der Waals surface area contributed by atoms with Crippen LogP contribution < -0.4 is 0 Å². The molecule has 0 fully saturated rings. The van der Waals surface area contributed by atoms with Crippen LogP contribution in [0.2, 0.25) is 0 Å². The van der Waals surface area contributed by atoms with Gasteiger partial charge in [0, 0.05) is 65.4 Å². The Labute approximate surface area is 141 Å². The molecule has 0 aromatic heterocycles. The van der Waals surface area contributed by atoms with Crippen LogP contribution in [0.1, 0.15) is 11.1 Å². The van der Waals surface area contributed by atoms with Gasteiger partial charge >= 0.3 is 0 Å². The van der Waals surface area contributed by atoms with E-state index in [1.54, 1.807) is 0 Å². The molecule has 15 heavy (non-hydrogen) atoms. The molecule has 0 atom stereocenters. The van der Waals surface area contributed by atoms with Gasteiger partial charge in [-0.15, -0.1) is 0 Å². The quantitative estimate of drug-likeness (QED) is 0.552. The van der Waals surface area contributed by atoms with E-state index in [0.29, 0.717) is 0 Å². The minimum absolute atomic E-state index is 0. The molecular weight excluding hydrogens is 334 g/mol. The fourth-order valence-corrected chi connectivity index (χ4v) is 1.94. The van der Waals surface area contributed by atoms with Gasteiger partial charge in [0.2, 0.25) is 0 Å². The fourth-order valence-electron chi connectivity index (χ4n) is 1.94. The Bertz CT molecular complexity index is 420. The van der Waals surface area contributed by atoms with E-state index in [9.17, 15) is 0 Å². The van der Waals surface area contributed by atoms with Crippen LogP contribution in [-0.4, -0.2) is 0 Å². The van der Waals surface area contributed by atoms with Crippen molar-refractivity contribution < 1.29 is 65.4 Å². The van der Waals surface area contributed by atoms with Gasteiger partial charge in [0.15, 0.2) is 0 Å². The monoisotopic (exact) mass is 342 g/mol. The Morgan fingerprint density at radius 3 is 1.73 bits per heavy atom. The second-order valence-corrected chi connectivity index (χ2v) is 3.34. The summed E-state index contributed by atoms with van der Waals surface area (Å²) in [6, 6.07) is 18.6. The largest absolute Gasteiger partial charge is 0.184 e. The average Bonchev–Trinajstić information content (AvgIpc) is 2.56. The van der Waals surface area contributed by atoms with Gasteiger partial charge in [-0.3, -0.25) is 0 Å². The predicted molar refractivity (Wildman–Crippen MR) is 52.4 cm³/mol. The molecule has 0 heterocycles. The zero-order chi connectivity index (χ0) is 8.67. The number of hydrogen-bond donors (Lipinski definition) is 0. The molecule has 68 valence electrons. The maximum atomic E-state index is 3.12. The van der Waals surface area contributed by atoms with Crippen molar-refractivity contribution in [3.63, 3.8) is 0 Å². The van der Waals surface area contributed by atoms with Crippen molar-refractivity contribution in [2.75, 3.05) is 0 Å². The summed E-state index contributed by atoms with van der Waals surface area (Å²) >= 11 is 0. The SMILES string of the molecule is [Y].[Y].[c-]1ccc2c(c1)-c1c[c-]ccc1C2. The predicted octanol–water partition coefficient (Wildman–Crippen LogP) is 2.85. The molecule has 1 aliphatic rings. The Kier molecular flexibility index (Phi) is 5.32. The normalized spacial score (nSPS) is 10.7. The van der Waals surface area contributed by atoms with Crippen LogP contribution >= 0.6 is 0 Å². The fraction of sp³-hybridized carbons (Fsp3) is 0.0769. The van der Waals surface area contributed by atoms with Crippen molar-refractivity contribution in [3.8, 4) is 11.1 Å². The van der Waals surface area contributed by atoms with Crippen LogP contribution in [0.25, 0.3) is 11.1 Å². The van der Waals surface area contributed by atoms with Gasteiger partial charge in [0.05, 0.1) is 0 Å². The number of fused-ring (bicyclic) bond motifs is 3. The van der Waals surface area contributed by atoms with Crippen LogP contribution in [0.3, 0.4) is 0 Å². The second-order valence-electron chi connectivity index (χ2n) is 3.34. The summed E-state index contributed by atoms with van der Waals surface area (Å²) in [4.78, 5) is 0. The van der Waals surface area contributed by atoms with Crippen molar-refractivity contribution in [2.45, 2.75) is 6.42 Å². The molecular formula is C13H8Y2-2. The molecule has 0 aliphatic heterocycles. The molecule has 1 aliphatic carbocycles. The summed E-state index contributed by atoms with van der Waals surface area (Å²) in [5.74, 6) is 0. The maximum absolute atomic E-state index is 3.12. The average molecular weight is 342 g/mol. The Hall–Kier alpha value is 0.648. The smallest absolute Gasteiger partial charge is 0 e. The van der Waals surface area contributed by atoms with Crippen molar-refractivity contribution in [1.82, 2.24) is 0 Å². The first kappa shape index (κ1) is 13.7. The Morgan fingerprint density at radius 2 is 1.27 bits per heavy atom. The summed E-state index contributed by atoms with van der Waals surface area (Å²) in [5, 5.41) is 0. The number of rotatable bonds is 0. The van der Waals surface area contributed by atoms with Crippen molar-refractivity contribution >= 4 is 0 Å². The van der Waals surface area contributed by atoms with Gasteiger partial charge in [-0.05, 0) is 6.42 Å². The molecule has 0 unspecified atom stereocenters. The van der Waals surface area contributed by atoms with Crippen LogP contribution in [0.15, 0.2) is 36.4 Å². The van der Waals surface area contributed by atoms with Crippen LogP contribution in [0, 0.1) is 12.1 Å². The minimum atomic E-state index is 0. The zero-order valence-corrected chi connectivity index (χ0v) is 14.0. The van der Waals surface area contributed by atoms with Crippen molar-refractivity contribution in [1.29, 1.82) is 0 Å². The summed E-state index contributed by atoms with van der Waals surface area (Å²) < 4.78 is 0. The maximum Gasteiger partial charge on any atom is 0 e. The Balaban J connectivity index is 0.000000562. The Morgan fingerprint density at radius 1 is 0.800 bits per heavy atom. The van der Waals surface area contributed by atoms with Gasteiger partial charge in [0.25, 0.3) is 0 Å².